The van der Waals surface area contributed by atoms with E-state index in [9.17, 15) is 32.5 Å². The van der Waals surface area contributed by atoms with Crippen molar-refractivity contribution in [2.75, 3.05) is 13.3 Å². The van der Waals surface area contributed by atoms with Gasteiger partial charge in [0.25, 0.3) is 0 Å². The molecule has 1 fully saturated rings. The van der Waals surface area contributed by atoms with Crippen molar-refractivity contribution in [2.24, 2.45) is 10.7 Å². The molecule has 15 nitrogen and oxygen atoms in total. The molecule has 0 amide bonds. The number of hydrogen-bond acceptors (Lipinski definition) is 11. The van der Waals surface area contributed by atoms with Crippen LogP contribution in [0.25, 0.3) is 0 Å². The van der Waals surface area contributed by atoms with Crippen LogP contribution in [-0.4, -0.2) is 72.8 Å². The Morgan fingerprint density at radius 3 is 2.39 bits per heavy atom. The van der Waals surface area contributed by atoms with Crippen molar-refractivity contribution in [2.45, 2.75) is 24.1 Å². The second-order valence-corrected chi connectivity index (χ2v) is 10.5. The minimum atomic E-state index is -5.79. The number of aliphatic imine (C=N–C) groups is 1. The molecular weight excluding hydrogens is 497 g/mol. The molecule has 0 aromatic heterocycles. The Bertz CT molecular complexity index is 927. The Morgan fingerprint density at radius 2 is 1.87 bits per heavy atom. The summed E-state index contributed by atoms with van der Waals surface area (Å²) in [5, 5.41) is 10.4. The first-order chi connectivity index (χ1) is 14.0. The van der Waals surface area contributed by atoms with Crippen LogP contribution in [0, 0.1) is 0 Å². The molecule has 2 aliphatic rings. The maximum absolute atomic E-state index is 14.7. The lowest BCUT2D eigenvalue weighted by Gasteiger charge is -2.35. The lowest BCUT2D eigenvalue weighted by molar-refractivity contribution is -0.123. The zero-order valence-corrected chi connectivity index (χ0v) is 17.9. The Kier molecular flexibility index (Phi) is 7.65. The third-order valence-electron chi connectivity index (χ3n) is 3.78. The van der Waals surface area contributed by atoms with E-state index in [0.717, 1.165) is 11.1 Å². The lowest BCUT2D eigenvalue weighted by Crippen LogP contribution is -2.54. The average molecular weight is 515 g/mol. The number of nitrogens with two attached hydrogens (primary N) is 1. The van der Waals surface area contributed by atoms with Crippen molar-refractivity contribution in [3.8, 4) is 0 Å². The van der Waals surface area contributed by atoms with Crippen LogP contribution in [-0.2, 0) is 31.6 Å². The monoisotopic (exact) mass is 515 g/mol. The van der Waals surface area contributed by atoms with E-state index in [2.05, 4.69) is 24.7 Å². The molecule has 0 aliphatic carbocycles. The minimum Gasteiger partial charge on any atom is -0.384 e. The van der Waals surface area contributed by atoms with Gasteiger partial charge < -0.3 is 40.1 Å². The molecule has 3 unspecified atom stereocenters. The highest BCUT2D eigenvalue weighted by Crippen LogP contribution is 2.66. The zero-order valence-electron chi connectivity index (χ0n) is 15.2. The number of hydrogen-bond donors (Lipinski definition) is 6. The van der Waals surface area contributed by atoms with E-state index >= 15 is 0 Å². The van der Waals surface area contributed by atoms with Gasteiger partial charge in [0.1, 0.15) is 24.4 Å². The summed E-state index contributed by atoms with van der Waals surface area (Å²) in [6, 6.07) is 0. The quantitative estimate of drug-likeness (QED) is 0.218. The van der Waals surface area contributed by atoms with Gasteiger partial charge in [0, 0.05) is 6.20 Å². The molecule has 0 aromatic carbocycles. The fourth-order valence-electron chi connectivity index (χ4n) is 2.55. The molecule has 2 aliphatic heterocycles. The van der Waals surface area contributed by atoms with Crippen LogP contribution in [0.2, 0.25) is 0 Å². The van der Waals surface area contributed by atoms with Gasteiger partial charge in [0.2, 0.25) is 0 Å². The second-order valence-electron chi connectivity index (χ2n) is 6.12. The molecule has 7 N–H and O–H groups in total. The Hall–Kier alpha value is -1.06. The molecular formula is C11H18F2N3O12P3. The predicted molar refractivity (Wildman–Crippen MR) is 96.0 cm³/mol. The SMILES string of the molecule is C=C1N=C(N)C=CN1[C@@H]1O[C@H](COP(=O)(O)OP(=O)(O)OP(=O)(O)O)[C@H](F)C1(O)CF. The van der Waals surface area contributed by atoms with Crippen molar-refractivity contribution in [3.63, 3.8) is 0 Å². The fraction of sp³-hybridized carbons (Fsp3) is 0.545. The average Bonchev–Trinajstić information content (AvgIpc) is 2.82. The van der Waals surface area contributed by atoms with E-state index in [0.29, 0.717) is 0 Å². The Morgan fingerprint density at radius 1 is 1.26 bits per heavy atom. The molecule has 2 heterocycles. The summed E-state index contributed by atoms with van der Waals surface area (Å²) in [7, 11) is -17.0. The molecule has 0 spiro atoms. The molecule has 0 aromatic rings. The standard InChI is InChI=1S/C11H18F2N3O12P3/c1-6-15-8(14)2-3-16(6)10-11(17,5-12)9(13)7(26-10)4-25-30(21,22)28-31(23,24)27-29(18,19)20/h2-3,7,9-10,17H,1,4-5H2,(H2,14,15)(H,21,22)(H,23,24)(H2,18,19,20)/t7-,9+,10-,11?/m1/s1. The predicted octanol–water partition coefficient (Wildman–Crippen LogP) is -0.249. The molecule has 1 saturated heterocycles. The molecule has 6 atom stereocenters. The summed E-state index contributed by atoms with van der Waals surface area (Å²) in [5.74, 6) is -0.151. The Labute approximate surface area is 172 Å². The lowest BCUT2D eigenvalue weighted by atomic mass is 9.96. The molecule has 0 bridgehead atoms. The van der Waals surface area contributed by atoms with Gasteiger partial charge in [0.15, 0.2) is 18.0 Å². The van der Waals surface area contributed by atoms with E-state index in [-0.39, 0.29) is 11.7 Å². The van der Waals surface area contributed by atoms with Crippen molar-refractivity contribution >= 4 is 29.3 Å². The first-order valence-electron chi connectivity index (χ1n) is 7.85. The molecule has 0 radical (unpaired) electrons. The highest BCUT2D eigenvalue weighted by atomic mass is 31.3. The number of nitrogens with zero attached hydrogens (tertiary/aromatic N) is 2. The number of aliphatic hydroxyl groups is 1. The van der Waals surface area contributed by atoms with Crippen LogP contribution in [0.1, 0.15) is 0 Å². The maximum atomic E-state index is 14.7. The molecule has 31 heavy (non-hydrogen) atoms. The summed E-state index contributed by atoms with van der Waals surface area (Å²) in [6.07, 6.45) is -3.88. The smallest absolute Gasteiger partial charge is 0.384 e. The Balaban J connectivity index is 2.11. The third kappa shape index (κ3) is 6.48. The van der Waals surface area contributed by atoms with Crippen LogP contribution in [0.3, 0.4) is 0 Å². The van der Waals surface area contributed by atoms with Crippen molar-refractivity contribution in [1.29, 1.82) is 0 Å². The summed E-state index contributed by atoms with van der Waals surface area (Å²) in [4.78, 5) is 40.1. The van der Waals surface area contributed by atoms with Gasteiger partial charge >= 0.3 is 23.5 Å². The highest BCUT2D eigenvalue weighted by molar-refractivity contribution is 7.66. The molecule has 20 heteroatoms. The summed E-state index contributed by atoms with van der Waals surface area (Å²) >= 11 is 0. The van der Waals surface area contributed by atoms with E-state index < -0.39 is 60.9 Å². The third-order valence-corrected chi connectivity index (χ3v) is 7.58. The van der Waals surface area contributed by atoms with Crippen LogP contribution >= 0.6 is 23.5 Å². The van der Waals surface area contributed by atoms with Crippen molar-refractivity contribution in [1.82, 2.24) is 4.90 Å². The highest BCUT2D eigenvalue weighted by Gasteiger charge is 2.59. The van der Waals surface area contributed by atoms with E-state index in [1.807, 2.05) is 0 Å². The first-order valence-corrected chi connectivity index (χ1v) is 12.4. The number of amidine groups is 1. The normalized spacial score (nSPS) is 33.1. The first kappa shape index (κ1) is 26.2. The number of phosphoric ester groups is 1. The van der Waals surface area contributed by atoms with Gasteiger partial charge in [-0.2, -0.15) is 8.62 Å². The number of phosphoric acid groups is 3. The number of ether oxygens (including phenoxy) is 1. The minimum absolute atomic E-state index is 0.00374. The van der Waals surface area contributed by atoms with Gasteiger partial charge in [-0.05, 0) is 6.08 Å². The molecule has 0 saturated carbocycles. The zero-order chi connectivity index (χ0) is 23.8. The van der Waals surface area contributed by atoms with Crippen LogP contribution in [0.4, 0.5) is 8.78 Å². The maximum Gasteiger partial charge on any atom is 0.490 e. The number of alkyl halides is 2. The van der Waals surface area contributed by atoms with Gasteiger partial charge in [-0.3, -0.25) is 4.52 Å². The van der Waals surface area contributed by atoms with Crippen LogP contribution < -0.4 is 5.73 Å². The van der Waals surface area contributed by atoms with Gasteiger partial charge in [-0.15, -0.1) is 0 Å². The van der Waals surface area contributed by atoms with Gasteiger partial charge in [-0.1, -0.05) is 6.58 Å². The van der Waals surface area contributed by atoms with Crippen LogP contribution in [0.15, 0.2) is 29.7 Å². The summed E-state index contributed by atoms with van der Waals surface area (Å²) < 4.78 is 78.3. The van der Waals surface area contributed by atoms with E-state index in [1.165, 1.54) is 6.08 Å². The molecule has 178 valence electrons. The fourth-order valence-corrected chi connectivity index (χ4v) is 5.58. The summed E-state index contributed by atoms with van der Waals surface area (Å²) in [5.41, 5.74) is 2.63. The van der Waals surface area contributed by atoms with Crippen LogP contribution in [0.5, 0.6) is 0 Å². The van der Waals surface area contributed by atoms with Crippen molar-refractivity contribution in [3.05, 3.63) is 24.7 Å². The largest absolute Gasteiger partial charge is 0.490 e. The summed E-state index contributed by atoms with van der Waals surface area (Å²) in [6.45, 7) is 0.578. The molecule has 2 rings (SSSR count). The number of rotatable bonds is 9. The van der Waals surface area contributed by atoms with Gasteiger partial charge in [-0.25, -0.2) is 27.5 Å². The topological polar surface area (TPSA) is 231 Å². The van der Waals surface area contributed by atoms with Gasteiger partial charge in [0.05, 0.1) is 6.61 Å². The number of halogens is 2. The second kappa shape index (κ2) is 9.06. The van der Waals surface area contributed by atoms with Crippen molar-refractivity contribution < 1.29 is 65.0 Å². The van der Waals surface area contributed by atoms with E-state index in [1.54, 1.807) is 0 Å². The van der Waals surface area contributed by atoms with E-state index in [4.69, 9.17) is 25.2 Å².